The number of nitrogens with one attached hydrogen (secondary N) is 2. The van der Waals surface area contributed by atoms with Crippen molar-refractivity contribution in [3.05, 3.63) is 57.1 Å². The number of fused-ring (bicyclic) bond motifs is 1. The Bertz CT molecular complexity index is 1330. The number of nitrogens with zero attached hydrogens (tertiary/aromatic N) is 3. The molecule has 0 aliphatic carbocycles. The van der Waals surface area contributed by atoms with Gasteiger partial charge in [-0.25, -0.2) is 4.98 Å². The van der Waals surface area contributed by atoms with Crippen molar-refractivity contribution in [1.29, 1.82) is 0 Å². The van der Waals surface area contributed by atoms with Crippen LogP contribution in [-0.4, -0.2) is 40.2 Å². The number of hydrogen-bond donors (Lipinski definition) is 2. The highest BCUT2D eigenvalue weighted by Gasteiger charge is 2.14. The first kappa shape index (κ1) is 21.5. The molecule has 0 spiro atoms. The fraction of sp³-hybridized carbons (Fsp3) is 0.190. The Morgan fingerprint density at radius 1 is 1.12 bits per heavy atom. The third kappa shape index (κ3) is 4.62. The molecular formula is C21H18BrN5O5. The first-order chi connectivity index (χ1) is 15.5. The van der Waals surface area contributed by atoms with Crippen LogP contribution in [0.25, 0.3) is 22.3 Å². The molecule has 0 fully saturated rings. The fourth-order valence-electron chi connectivity index (χ4n) is 3.01. The summed E-state index contributed by atoms with van der Waals surface area (Å²) in [6, 6.07) is 10.6. The fourth-order valence-corrected chi connectivity index (χ4v) is 3.28. The average Bonchev–Trinajstić information content (AvgIpc) is 3.26. The summed E-state index contributed by atoms with van der Waals surface area (Å²) in [4.78, 5) is 35.9. The van der Waals surface area contributed by atoms with E-state index in [4.69, 9.17) is 14.0 Å². The van der Waals surface area contributed by atoms with Gasteiger partial charge in [-0.15, -0.1) is 0 Å². The molecule has 0 aliphatic heterocycles. The van der Waals surface area contributed by atoms with Gasteiger partial charge in [-0.1, -0.05) is 21.1 Å². The lowest BCUT2D eigenvalue weighted by molar-refractivity contribution is -0.116. The second kappa shape index (κ2) is 9.18. The summed E-state index contributed by atoms with van der Waals surface area (Å²) in [7, 11) is 2.96. The van der Waals surface area contributed by atoms with Gasteiger partial charge < -0.3 is 14.0 Å². The van der Waals surface area contributed by atoms with Crippen LogP contribution in [0.5, 0.6) is 11.5 Å². The second-order valence-corrected chi connectivity index (χ2v) is 7.62. The summed E-state index contributed by atoms with van der Waals surface area (Å²) in [6.45, 7) is 0. The predicted octanol–water partition coefficient (Wildman–Crippen LogP) is 3.32. The van der Waals surface area contributed by atoms with Gasteiger partial charge in [0.1, 0.15) is 0 Å². The summed E-state index contributed by atoms with van der Waals surface area (Å²) in [6.07, 6.45) is 0.299. The SMILES string of the molecule is COc1cc2nc(NC(=O)CCc3nc(-c4ccc(Br)cc4)no3)[nH]c(=O)c2cc1OC. The van der Waals surface area contributed by atoms with Crippen LogP contribution in [0.3, 0.4) is 0 Å². The van der Waals surface area contributed by atoms with Crippen LogP contribution >= 0.6 is 15.9 Å². The average molecular weight is 500 g/mol. The van der Waals surface area contributed by atoms with E-state index in [-0.39, 0.29) is 24.7 Å². The zero-order valence-corrected chi connectivity index (χ0v) is 18.7. The van der Waals surface area contributed by atoms with Crippen molar-refractivity contribution in [2.75, 3.05) is 19.5 Å². The van der Waals surface area contributed by atoms with Crippen molar-refractivity contribution in [2.45, 2.75) is 12.8 Å². The van der Waals surface area contributed by atoms with E-state index in [9.17, 15) is 9.59 Å². The first-order valence-electron chi connectivity index (χ1n) is 9.51. The second-order valence-electron chi connectivity index (χ2n) is 6.71. The first-order valence-corrected chi connectivity index (χ1v) is 10.3. The van der Waals surface area contributed by atoms with Crippen molar-refractivity contribution in [2.24, 2.45) is 0 Å². The molecule has 10 nitrogen and oxygen atoms in total. The Hall–Kier alpha value is -3.73. The highest BCUT2D eigenvalue weighted by molar-refractivity contribution is 9.10. The van der Waals surface area contributed by atoms with Gasteiger partial charge in [0.15, 0.2) is 11.5 Å². The van der Waals surface area contributed by atoms with Crippen LogP contribution in [0.1, 0.15) is 12.3 Å². The van der Waals surface area contributed by atoms with Gasteiger partial charge in [-0.3, -0.25) is 19.9 Å². The molecule has 4 rings (SSSR count). The minimum atomic E-state index is -0.415. The molecule has 0 unspecified atom stereocenters. The molecule has 1 amide bonds. The predicted molar refractivity (Wildman–Crippen MR) is 120 cm³/mol. The molecule has 0 atom stereocenters. The maximum absolute atomic E-state index is 12.4. The van der Waals surface area contributed by atoms with Gasteiger partial charge in [0.2, 0.25) is 23.6 Å². The van der Waals surface area contributed by atoms with E-state index in [2.05, 4.69) is 41.4 Å². The molecule has 2 aromatic heterocycles. The third-order valence-electron chi connectivity index (χ3n) is 4.60. The number of carbonyl (C=O) groups is 1. The van der Waals surface area contributed by atoms with Crippen molar-refractivity contribution in [3.63, 3.8) is 0 Å². The number of anilines is 1. The number of aryl methyl sites for hydroxylation is 1. The molecule has 2 aromatic carbocycles. The Morgan fingerprint density at radius 3 is 2.56 bits per heavy atom. The van der Waals surface area contributed by atoms with Gasteiger partial charge in [0.05, 0.1) is 25.1 Å². The third-order valence-corrected chi connectivity index (χ3v) is 5.13. The number of halogens is 1. The number of rotatable bonds is 7. The van der Waals surface area contributed by atoms with Crippen molar-refractivity contribution < 1.29 is 18.8 Å². The molecule has 164 valence electrons. The number of methoxy groups -OCH3 is 2. The highest BCUT2D eigenvalue weighted by atomic mass is 79.9. The molecule has 4 aromatic rings. The van der Waals surface area contributed by atoms with Gasteiger partial charge in [-0.05, 0) is 30.3 Å². The molecule has 11 heteroatoms. The Labute approximate surface area is 190 Å². The van der Waals surface area contributed by atoms with E-state index in [0.717, 1.165) is 10.0 Å². The molecule has 0 aliphatic rings. The largest absolute Gasteiger partial charge is 0.493 e. The van der Waals surface area contributed by atoms with E-state index in [0.29, 0.717) is 34.1 Å². The van der Waals surface area contributed by atoms with Gasteiger partial charge >= 0.3 is 0 Å². The van der Waals surface area contributed by atoms with E-state index in [1.165, 1.54) is 20.3 Å². The van der Waals surface area contributed by atoms with Crippen LogP contribution in [0.15, 0.2) is 50.2 Å². The lowest BCUT2D eigenvalue weighted by atomic mass is 10.2. The van der Waals surface area contributed by atoms with Crippen molar-refractivity contribution >= 4 is 38.7 Å². The summed E-state index contributed by atoms with van der Waals surface area (Å²) in [5.74, 6) is 1.27. The molecule has 2 N–H and O–H groups in total. The van der Waals surface area contributed by atoms with E-state index in [1.807, 2.05) is 24.3 Å². The molecule has 0 saturated carbocycles. The van der Waals surface area contributed by atoms with Crippen molar-refractivity contribution in [1.82, 2.24) is 20.1 Å². The summed E-state index contributed by atoms with van der Waals surface area (Å²) in [5.41, 5.74) is 0.748. The minimum absolute atomic E-state index is 0.0285. The topological polar surface area (TPSA) is 132 Å². The van der Waals surface area contributed by atoms with Crippen LogP contribution < -0.4 is 20.3 Å². The van der Waals surface area contributed by atoms with E-state index in [1.54, 1.807) is 6.07 Å². The van der Waals surface area contributed by atoms with Gasteiger partial charge in [0.25, 0.3) is 5.56 Å². The molecule has 0 bridgehead atoms. The monoisotopic (exact) mass is 499 g/mol. The van der Waals surface area contributed by atoms with Crippen LogP contribution in [0, 0.1) is 0 Å². The highest BCUT2D eigenvalue weighted by Crippen LogP contribution is 2.30. The lowest BCUT2D eigenvalue weighted by Gasteiger charge is -2.09. The smallest absolute Gasteiger partial charge is 0.260 e. The number of carbonyl (C=O) groups excluding carboxylic acids is 1. The number of ether oxygens (including phenoxy) is 2. The van der Waals surface area contributed by atoms with Gasteiger partial charge in [0, 0.05) is 28.9 Å². The number of benzene rings is 2. The minimum Gasteiger partial charge on any atom is -0.493 e. The standard InChI is InChI=1S/C21H18BrN5O5/c1-30-15-9-13-14(10-16(15)31-2)23-21(26-20(13)29)24-17(28)7-8-18-25-19(27-32-18)11-3-5-12(22)6-4-11/h3-6,9-10H,7-8H2,1-2H3,(H2,23,24,26,28,29). The lowest BCUT2D eigenvalue weighted by Crippen LogP contribution is -2.19. The Morgan fingerprint density at radius 2 is 1.84 bits per heavy atom. The Kier molecular flexibility index (Phi) is 6.17. The number of aromatic amines is 1. The quantitative estimate of drug-likeness (QED) is 0.395. The Balaban J connectivity index is 1.44. The number of amides is 1. The van der Waals surface area contributed by atoms with E-state index >= 15 is 0 Å². The maximum Gasteiger partial charge on any atom is 0.260 e. The summed E-state index contributed by atoms with van der Waals surface area (Å²) < 4.78 is 16.6. The summed E-state index contributed by atoms with van der Waals surface area (Å²) in [5, 5.41) is 6.83. The molecule has 0 radical (unpaired) electrons. The molecular weight excluding hydrogens is 482 g/mol. The molecule has 2 heterocycles. The van der Waals surface area contributed by atoms with Crippen molar-refractivity contribution in [3.8, 4) is 22.9 Å². The number of H-pyrrole nitrogens is 1. The molecule has 0 saturated heterocycles. The summed E-state index contributed by atoms with van der Waals surface area (Å²) >= 11 is 3.37. The number of aromatic nitrogens is 4. The zero-order valence-electron chi connectivity index (χ0n) is 17.1. The van der Waals surface area contributed by atoms with Crippen LogP contribution in [-0.2, 0) is 11.2 Å². The normalized spacial score (nSPS) is 10.8. The van der Waals surface area contributed by atoms with E-state index < -0.39 is 5.56 Å². The number of hydrogen-bond acceptors (Lipinski definition) is 8. The zero-order chi connectivity index (χ0) is 22.7. The van der Waals surface area contributed by atoms with Crippen LogP contribution in [0.4, 0.5) is 5.95 Å². The van der Waals surface area contributed by atoms with Gasteiger partial charge in [-0.2, -0.15) is 4.98 Å². The molecule has 32 heavy (non-hydrogen) atoms. The van der Waals surface area contributed by atoms with Crippen LogP contribution in [0.2, 0.25) is 0 Å². The maximum atomic E-state index is 12.4.